The number of carbonyl (C=O) groups is 1. The van der Waals surface area contributed by atoms with Crippen molar-refractivity contribution in [1.29, 1.82) is 0 Å². The molecule has 0 heterocycles. The number of sulfonamides is 1. The van der Waals surface area contributed by atoms with Crippen LogP contribution < -0.4 is 13.8 Å². The molecule has 0 radical (unpaired) electrons. The minimum atomic E-state index is -4.08. The molecule has 3 aromatic carbocycles. The molecule has 3 aromatic rings. The Balaban J connectivity index is 1.89. The molecule has 0 atom stereocenters. The van der Waals surface area contributed by atoms with Gasteiger partial charge in [-0.2, -0.15) is 0 Å². The maximum Gasteiger partial charge on any atom is 0.264 e. The second-order valence-electron chi connectivity index (χ2n) is 7.38. The van der Waals surface area contributed by atoms with Gasteiger partial charge in [-0.25, -0.2) is 8.42 Å². The van der Waals surface area contributed by atoms with Crippen LogP contribution in [0.2, 0.25) is 10.0 Å². The monoisotopic (exact) mass is 522 g/mol. The Morgan fingerprint density at radius 1 is 0.882 bits per heavy atom. The number of anilines is 1. The minimum Gasteiger partial charge on any atom is -0.493 e. The number of nitrogens with zero attached hydrogens (tertiary/aromatic N) is 2. The lowest BCUT2D eigenvalue weighted by Crippen LogP contribution is -2.41. The third-order valence-corrected chi connectivity index (χ3v) is 7.35. The van der Waals surface area contributed by atoms with E-state index in [4.69, 9.17) is 32.7 Å². The third kappa shape index (κ3) is 5.94. The van der Waals surface area contributed by atoms with Crippen LogP contribution in [0.3, 0.4) is 0 Å². The summed E-state index contributed by atoms with van der Waals surface area (Å²) in [4.78, 5) is 14.6. The van der Waals surface area contributed by atoms with Crippen molar-refractivity contribution in [3.63, 3.8) is 0 Å². The number of likely N-dealkylation sites (N-methyl/N-ethyl adjacent to an activating group) is 1. The number of halogens is 2. The van der Waals surface area contributed by atoms with Crippen LogP contribution in [0.1, 0.15) is 5.56 Å². The van der Waals surface area contributed by atoms with Crippen molar-refractivity contribution in [3.05, 3.63) is 82.3 Å². The molecule has 0 unspecified atom stereocenters. The van der Waals surface area contributed by atoms with E-state index in [-0.39, 0.29) is 17.1 Å². The molecule has 1 amide bonds. The predicted octanol–water partition coefficient (Wildman–Crippen LogP) is 4.86. The Kier molecular flexibility index (Phi) is 8.30. The Hall–Kier alpha value is -2.94. The van der Waals surface area contributed by atoms with E-state index in [0.717, 1.165) is 9.87 Å². The van der Waals surface area contributed by atoms with Gasteiger partial charge in [0.05, 0.1) is 24.8 Å². The number of rotatable bonds is 9. The SMILES string of the molecule is COc1ccc(CN(C)C(=O)CN(c2cccc(Cl)c2)S(=O)(=O)c2ccc(Cl)cc2)cc1OC. The van der Waals surface area contributed by atoms with Crippen molar-refractivity contribution < 1.29 is 22.7 Å². The fourth-order valence-electron chi connectivity index (χ4n) is 3.26. The van der Waals surface area contributed by atoms with E-state index in [1.54, 1.807) is 44.5 Å². The number of benzene rings is 3. The van der Waals surface area contributed by atoms with Crippen LogP contribution in [-0.4, -0.2) is 47.0 Å². The lowest BCUT2D eigenvalue weighted by atomic mass is 10.2. The van der Waals surface area contributed by atoms with E-state index in [9.17, 15) is 13.2 Å². The molecule has 0 N–H and O–H groups in total. The van der Waals surface area contributed by atoms with Crippen molar-refractivity contribution in [1.82, 2.24) is 4.90 Å². The second kappa shape index (κ2) is 11.0. The molecule has 7 nitrogen and oxygen atoms in total. The highest BCUT2D eigenvalue weighted by molar-refractivity contribution is 7.92. The van der Waals surface area contributed by atoms with Crippen molar-refractivity contribution >= 4 is 44.8 Å². The van der Waals surface area contributed by atoms with E-state index < -0.39 is 22.5 Å². The van der Waals surface area contributed by atoms with Crippen LogP contribution in [0.25, 0.3) is 0 Å². The van der Waals surface area contributed by atoms with Gasteiger partial charge in [0.1, 0.15) is 6.54 Å². The normalized spacial score (nSPS) is 11.1. The van der Waals surface area contributed by atoms with E-state index in [2.05, 4.69) is 0 Å². The summed E-state index contributed by atoms with van der Waals surface area (Å²) in [6.45, 7) is -0.182. The van der Waals surface area contributed by atoms with Crippen LogP contribution in [0.5, 0.6) is 11.5 Å². The molecule has 0 bridgehead atoms. The molecule has 3 rings (SSSR count). The molecular weight excluding hydrogens is 499 g/mol. The lowest BCUT2D eigenvalue weighted by molar-refractivity contribution is -0.128. The van der Waals surface area contributed by atoms with E-state index in [1.807, 2.05) is 6.07 Å². The summed E-state index contributed by atoms with van der Waals surface area (Å²) in [5, 5.41) is 0.749. The number of ether oxygens (including phenoxy) is 2. The van der Waals surface area contributed by atoms with Gasteiger partial charge in [-0.05, 0) is 60.2 Å². The van der Waals surface area contributed by atoms with E-state index in [1.165, 1.54) is 42.3 Å². The number of hydrogen-bond acceptors (Lipinski definition) is 5. The van der Waals surface area contributed by atoms with Gasteiger partial charge in [0.25, 0.3) is 10.0 Å². The molecule has 0 fully saturated rings. The van der Waals surface area contributed by atoms with Gasteiger partial charge in [0.2, 0.25) is 5.91 Å². The maximum absolute atomic E-state index is 13.5. The van der Waals surface area contributed by atoms with Crippen molar-refractivity contribution in [3.8, 4) is 11.5 Å². The Morgan fingerprint density at radius 2 is 1.56 bits per heavy atom. The highest BCUT2D eigenvalue weighted by atomic mass is 35.5. The zero-order chi connectivity index (χ0) is 24.9. The standard InChI is InChI=1S/C24H24Cl2N2O5S/c1-27(15-17-7-12-22(32-2)23(13-17)33-3)24(29)16-28(20-6-4-5-19(26)14-20)34(30,31)21-10-8-18(25)9-11-21/h4-14H,15-16H2,1-3H3. The summed E-state index contributed by atoms with van der Waals surface area (Å²) in [6, 6.07) is 17.4. The number of amides is 1. The van der Waals surface area contributed by atoms with Gasteiger partial charge in [-0.3, -0.25) is 9.10 Å². The molecule has 0 aliphatic heterocycles. The quantitative estimate of drug-likeness (QED) is 0.400. The first-order valence-corrected chi connectivity index (χ1v) is 12.3. The minimum absolute atomic E-state index is 0.00668. The second-order valence-corrected chi connectivity index (χ2v) is 10.1. The summed E-state index contributed by atoms with van der Waals surface area (Å²) < 4.78 is 38.5. The lowest BCUT2D eigenvalue weighted by Gasteiger charge is -2.27. The molecule has 34 heavy (non-hydrogen) atoms. The van der Waals surface area contributed by atoms with Gasteiger partial charge in [0.15, 0.2) is 11.5 Å². The van der Waals surface area contributed by atoms with Crippen molar-refractivity contribution in [2.75, 3.05) is 32.1 Å². The first-order chi connectivity index (χ1) is 16.1. The Bertz CT molecular complexity index is 1270. The molecule has 0 spiro atoms. The molecule has 0 aliphatic rings. The van der Waals surface area contributed by atoms with Crippen LogP contribution in [-0.2, 0) is 21.4 Å². The van der Waals surface area contributed by atoms with Gasteiger partial charge >= 0.3 is 0 Å². The summed E-state index contributed by atoms with van der Waals surface area (Å²) in [5.41, 5.74) is 1.07. The Labute approximate surface area is 209 Å². The highest BCUT2D eigenvalue weighted by Crippen LogP contribution is 2.29. The smallest absolute Gasteiger partial charge is 0.264 e. The van der Waals surface area contributed by atoms with E-state index >= 15 is 0 Å². The molecule has 0 aromatic heterocycles. The molecule has 10 heteroatoms. The molecule has 180 valence electrons. The maximum atomic E-state index is 13.5. The average Bonchev–Trinajstić information content (AvgIpc) is 2.82. The summed E-state index contributed by atoms with van der Waals surface area (Å²) in [5.74, 6) is 0.695. The molecule has 0 saturated heterocycles. The van der Waals surface area contributed by atoms with Crippen LogP contribution in [0.15, 0.2) is 71.6 Å². The number of carbonyl (C=O) groups excluding carboxylic acids is 1. The fraction of sp³-hybridized carbons (Fsp3) is 0.208. The zero-order valence-electron chi connectivity index (χ0n) is 18.9. The molecule has 0 aliphatic carbocycles. The first-order valence-electron chi connectivity index (χ1n) is 10.1. The topological polar surface area (TPSA) is 76.2 Å². The Morgan fingerprint density at radius 3 is 2.18 bits per heavy atom. The summed E-state index contributed by atoms with van der Waals surface area (Å²) >= 11 is 12.0. The predicted molar refractivity (Wildman–Crippen MR) is 133 cm³/mol. The van der Waals surface area contributed by atoms with E-state index in [0.29, 0.717) is 21.5 Å². The van der Waals surface area contributed by atoms with Gasteiger partial charge in [0, 0.05) is 23.6 Å². The van der Waals surface area contributed by atoms with Crippen molar-refractivity contribution in [2.45, 2.75) is 11.4 Å². The molecule has 0 saturated carbocycles. The number of hydrogen-bond donors (Lipinski definition) is 0. The zero-order valence-corrected chi connectivity index (χ0v) is 21.2. The molecular formula is C24H24Cl2N2O5S. The van der Waals surface area contributed by atoms with Crippen molar-refractivity contribution in [2.24, 2.45) is 0 Å². The van der Waals surface area contributed by atoms with Gasteiger partial charge in [-0.15, -0.1) is 0 Å². The fourth-order valence-corrected chi connectivity index (χ4v) is 4.98. The first kappa shape index (κ1) is 25.7. The van der Waals surface area contributed by atoms with Crippen LogP contribution >= 0.6 is 23.2 Å². The summed E-state index contributed by atoms with van der Waals surface area (Å²) in [7, 11) is 0.594. The average molecular weight is 523 g/mol. The number of methoxy groups -OCH3 is 2. The van der Waals surface area contributed by atoms with Crippen LogP contribution in [0.4, 0.5) is 5.69 Å². The van der Waals surface area contributed by atoms with Gasteiger partial charge < -0.3 is 14.4 Å². The summed E-state index contributed by atoms with van der Waals surface area (Å²) in [6.07, 6.45) is 0. The van der Waals surface area contributed by atoms with Gasteiger partial charge in [-0.1, -0.05) is 35.3 Å². The third-order valence-electron chi connectivity index (χ3n) is 5.07. The van der Waals surface area contributed by atoms with Crippen LogP contribution in [0, 0.1) is 0 Å². The highest BCUT2D eigenvalue weighted by Gasteiger charge is 2.28. The largest absolute Gasteiger partial charge is 0.493 e.